The first-order valence-corrected chi connectivity index (χ1v) is 3.99. The fourth-order valence-corrected chi connectivity index (χ4v) is 0.495. The van der Waals surface area contributed by atoms with Gasteiger partial charge in [-0.2, -0.15) is 0 Å². The number of carbonyl (C=O) groups is 2. The van der Waals surface area contributed by atoms with E-state index in [0.29, 0.717) is 0 Å². The highest BCUT2D eigenvalue weighted by molar-refractivity contribution is 7.78. The number of amides is 3. The van der Waals surface area contributed by atoms with Crippen molar-refractivity contribution in [3.05, 3.63) is 0 Å². The van der Waals surface area contributed by atoms with Crippen LogP contribution in [0.1, 0.15) is 20.8 Å². The van der Waals surface area contributed by atoms with Gasteiger partial charge < -0.3 is 4.74 Å². The second-order valence-electron chi connectivity index (χ2n) is 3.19. The largest absolute Gasteiger partial charge is 0.443 e. The van der Waals surface area contributed by atoms with Crippen molar-refractivity contribution in [3.8, 4) is 0 Å². The number of ether oxygens (including phenoxy) is 1. The third kappa shape index (κ3) is 7.26. The molecule has 0 heterocycles. The SMILES string of the molecule is CC(C)(C)OC(=O)NNC(=O)NS. The number of carbonyl (C=O) groups excluding carboxylic acids is 2. The molecule has 0 rings (SSSR count). The summed E-state index contributed by atoms with van der Waals surface area (Å²) in [4.78, 5) is 21.4. The molecule has 6 nitrogen and oxygen atoms in total. The predicted octanol–water partition coefficient (Wildman–Crippen LogP) is 0.570. The molecule has 13 heavy (non-hydrogen) atoms. The number of hydrogen-bond donors (Lipinski definition) is 4. The van der Waals surface area contributed by atoms with E-state index in [4.69, 9.17) is 4.74 Å². The van der Waals surface area contributed by atoms with Crippen LogP contribution in [0.15, 0.2) is 0 Å². The summed E-state index contributed by atoms with van der Waals surface area (Å²) in [6.45, 7) is 5.14. The molecule has 0 atom stereocenters. The standard InChI is InChI=1S/C6H13N3O3S/c1-6(2,3)12-5(11)8-7-4(10)9-13/h13H,1-3H3,(H,8,11)(H2,7,9,10). The number of urea groups is 1. The molecule has 76 valence electrons. The Kier molecular flexibility index (Phi) is 4.39. The lowest BCUT2D eigenvalue weighted by molar-refractivity contribution is 0.0505. The molecular formula is C6H13N3O3S. The maximum Gasteiger partial charge on any atom is 0.426 e. The van der Waals surface area contributed by atoms with Crippen molar-refractivity contribution >= 4 is 24.9 Å². The van der Waals surface area contributed by atoms with Gasteiger partial charge in [-0.25, -0.2) is 20.4 Å². The lowest BCUT2D eigenvalue weighted by Gasteiger charge is -2.19. The van der Waals surface area contributed by atoms with Crippen LogP contribution in [0.4, 0.5) is 9.59 Å². The topological polar surface area (TPSA) is 79.5 Å². The molecule has 0 aromatic rings. The number of hydrogen-bond acceptors (Lipinski definition) is 4. The molecule has 3 amide bonds. The normalized spacial score (nSPS) is 10.2. The first-order valence-electron chi connectivity index (χ1n) is 3.54. The van der Waals surface area contributed by atoms with Gasteiger partial charge in [-0.05, 0) is 20.8 Å². The molecule has 0 aliphatic rings. The van der Waals surface area contributed by atoms with Crippen molar-refractivity contribution in [2.24, 2.45) is 0 Å². The van der Waals surface area contributed by atoms with Crippen LogP contribution >= 0.6 is 12.8 Å². The number of hydrazine groups is 1. The Labute approximate surface area is 81.9 Å². The minimum Gasteiger partial charge on any atom is -0.443 e. The fourth-order valence-electron chi connectivity index (χ4n) is 0.439. The van der Waals surface area contributed by atoms with Crippen LogP contribution in [0, 0.1) is 0 Å². The van der Waals surface area contributed by atoms with Crippen LogP contribution in [-0.4, -0.2) is 17.7 Å². The van der Waals surface area contributed by atoms with Gasteiger partial charge in [-0.15, -0.1) is 0 Å². The van der Waals surface area contributed by atoms with Gasteiger partial charge in [-0.3, -0.25) is 4.72 Å². The zero-order chi connectivity index (χ0) is 10.5. The zero-order valence-electron chi connectivity index (χ0n) is 7.67. The number of nitrogens with one attached hydrogen (secondary N) is 3. The molecule has 0 bridgehead atoms. The third-order valence-electron chi connectivity index (χ3n) is 0.779. The minimum absolute atomic E-state index is 0.594. The van der Waals surface area contributed by atoms with Crippen LogP contribution in [0.5, 0.6) is 0 Å². The van der Waals surface area contributed by atoms with E-state index >= 15 is 0 Å². The Hall–Kier alpha value is -1.11. The summed E-state index contributed by atoms with van der Waals surface area (Å²) in [5, 5.41) is 0. The molecule has 0 aliphatic heterocycles. The van der Waals surface area contributed by atoms with Crippen molar-refractivity contribution in [1.82, 2.24) is 15.6 Å². The maximum absolute atomic E-state index is 10.9. The van der Waals surface area contributed by atoms with Gasteiger partial charge in [-0.1, -0.05) is 12.8 Å². The average molecular weight is 207 g/mol. The van der Waals surface area contributed by atoms with Gasteiger partial charge in [0, 0.05) is 0 Å². The summed E-state index contributed by atoms with van der Waals surface area (Å²) in [7, 11) is 0. The van der Waals surface area contributed by atoms with E-state index in [1.54, 1.807) is 20.8 Å². The molecule has 0 aromatic heterocycles. The summed E-state index contributed by atoms with van der Waals surface area (Å²) < 4.78 is 6.77. The Morgan fingerprint density at radius 2 is 1.77 bits per heavy atom. The van der Waals surface area contributed by atoms with Gasteiger partial charge in [0.2, 0.25) is 0 Å². The van der Waals surface area contributed by atoms with Gasteiger partial charge in [0.05, 0.1) is 0 Å². The number of rotatable bonds is 0. The Morgan fingerprint density at radius 3 is 2.15 bits per heavy atom. The maximum atomic E-state index is 10.9. The minimum atomic E-state index is -0.732. The predicted molar refractivity (Wildman–Crippen MR) is 50.0 cm³/mol. The highest BCUT2D eigenvalue weighted by Gasteiger charge is 2.15. The summed E-state index contributed by atoms with van der Waals surface area (Å²) >= 11 is 3.45. The summed E-state index contributed by atoms with van der Waals surface area (Å²) in [5.74, 6) is 0. The van der Waals surface area contributed by atoms with E-state index in [9.17, 15) is 9.59 Å². The second-order valence-corrected chi connectivity index (χ2v) is 3.42. The third-order valence-corrected chi connectivity index (χ3v) is 0.982. The van der Waals surface area contributed by atoms with E-state index in [-0.39, 0.29) is 0 Å². The number of thiol groups is 1. The van der Waals surface area contributed by atoms with Gasteiger partial charge >= 0.3 is 12.1 Å². The van der Waals surface area contributed by atoms with Crippen molar-refractivity contribution < 1.29 is 14.3 Å². The lowest BCUT2D eigenvalue weighted by Crippen LogP contribution is -2.46. The summed E-state index contributed by atoms with van der Waals surface area (Å²) in [6.07, 6.45) is -0.732. The first-order chi connectivity index (χ1) is 5.85. The molecule has 0 saturated carbocycles. The van der Waals surface area contributed by atoms with Crippen molar-refractivity contribution in [2.45, 2.75) is 26.4 Å². The van der Waals surface area contributed by atoms with Crippen molar-refractivity contribution in [2.75, 3.05) is 0 Å². The Bertz CT molecular complexity index is 202. The lowest BCUT2D eigenvalue weighted by atomic mass is 10.2. The molecule has 0 unspecified atom stereocenters. The zero-order valence-corrected chi connectivity index (χ0v) is 8.57. The second kappa shape index (κ2) is 4.80. The summed E-state index contributed by atoms with van der Waals surface area (Å²) in [5.41, 5.74) is 3.43. The molecule has 3 N–H and O–H groups in total. The Morgan fingerprint density at radius 1 is 1.23 bits per heavy atom. The van der Waals surface area contributed by atoms with E-state index in [0.717, 1.165) is 0 Å². The highest BCUT2D eigenvalue weighted by atomic mass is 32.1. The molecule has 0 fully saturated rings. The van der Waals surface area contributed by atoms with Crippen LogP contribution in [-0.2, 0) is 4.74 Å². The van der Waals surface area contributed by atoms with Crippen LogP contribution < -0.4 is 15.6 Å². The molecule has 0 spiro atoms. The first kappa shape index (κ1) is 11.9. The van der Waals surface area contributed by atoms with Gasteiger partial charge in [0.15, 0.2) is 0 Å². The van der Waals surface area contributed by atoms with Gasteiger partial charge in [0.25, 0.3) is 0 Å². The van der Waals surface area contributed by atoms with E-state index in [1.807, 2.05) is 15.6 Å². The monoisotopic (exact) mass is 207 g/mol. The van der Waals surface area contributed by atoms with Crippen LogP contribution in [0.25, 0.3) is 0 Å². The van der Waals surface area contributed by atoms with Crippen LogP contribution in [0.2, 0.25) is 0 Å². The van der Waals surface area contributed by atoms with E-state index in [2.05, 4.69) is 12.8 Å². The molecule has 0 radical (unpaired) electrons. The molecule has 0 aliphatic carbocycles. The Balaban J connectivity index is 3.71. The molecule has 0 aromatic carbocycles. The molecule has 0 saturated heterocycles. The van der Waals surface area contributed by atoms with Crippen LogP contribution in [0.3, 0.4) is 0 Å². The summed E-state index contributed by atoms with van der Waals surface area (Å²) in [6, 6.07) is -0.644. The average Bonchev–Trinajstić information content (AvgIpc) is 1.97. The molecule has 7 heteroatoms. The van der Waals surface area contributed by atoms with E-state index < -0.39 is 17.7 Å². The van der Waals surface area contributed by atoms with E-state index in [1.165, 1.54) is 0 Å². The fraction of sp³-hybridized carbons (Fsp3) is 0.667. The quantitative estimate of drug-likeness (QED) is 0.346. The van der Waals surface area contributed by atoms with Crippen molar-refractivity contribution in [1.29, 1.82) is 0 Å². The smallest absolute Gasteiger partial charge is 0.426 e. The van der Waals surface area contributed by atoms with Gasteiger partial charge in [0.1, 0.15) is 5.60 Å². The van der Waals surface area contributed by atoms with Crippen molar-refractivity contribution in [3.63, 3.8) is 0 Å². The highest BCUT2D eigenvalue weighted by Crippen LogP contribution is 2.05. The molecular weight excluding hydrogens is 194 g/mol.